The molecular weight excluding hydrogens is 453 g/mol. The SMILES string of the molecule is C[C@@H](NC(c1ccc(F)cc1)c1cccc(Nc2cc(=O)c2=O)c1)c1cc(F)cc(F)c1.Cl. The quantitative estimate of drug-likeness (QED) is 0.358. The third-order valence-electron chi connectivity index (χ3n) is 5.25. The molecule has 0 aliphatic heterocycles. The predicted molar refractivity (Wildman–Crippen MR) is 124 cm³/mol. The van der Waals surface area contributed by atoms with Crippen molar-refractivity contribution in [3.8, 4) is 0 Å². The fourth-order valence-corrected chi connectivity index (χ4v) is 3.57. The van der Waals surface area contributed by atoms with Gasteiger partial charge in [0.05, 0.1) is 11.7 Å². The topological polar surface area (TPSA) is 58.2 Å². The Balaban J connectivity index is 0.00000306. The van der Waals surface area contributed by atoms with Crippen molar-refractivity contribution in [3.63, 3.8) is 0 Å². The van der Waals surface area contributed by atoms with E-state index in [2.05, 4.69) is 10.6 Å². The minimum atomic E-state index is -0.675. The van der Waals surface area contributed by atoms with Crippen LogP contribution in [0.5, 0.6) is 0 Å². The van der Waals surface area contributed by atoms with Gasteiger partial charge in [-0.2, -0.15) is 0 Å². The molecule has 0 aromatic heterocycles. The smallest absolute Gasteiger partial charge is 0.249 e. The van der Waals surface area contributed by atoms with Crippen LogP contribution < -0.4 is 21.5 Å². The Hall–Kier alpha value is -3.42. The minimum absolute atomic E-state index is 0. The number of halogens is 4. The predicted octanol–water partition coefficient (Wildman–Crippen LogP) is 5.31. The van der Waals surface area contributed by atoms with Crippen molar-refractivity contribution in [2.24, 2.45) is 0 Å². The molecule has 0 aliphatic carbocycles. The second-order valence-corrected chi connectivity index (χ2v) is 7.58. The van der Waals surface area contributed by atoms with Crippen molar-refractivity contribution in [1.29, 1.82) is 0 Å². The Morgan fingerprint density at radius 3 is 2.00 bits per heavy atom. The first-order chi connectivity index (χ1) is 15.3. The highest BCUT2D eigenvalue weighted by atomic mass is 35.5. The largest absolute Gasteiger partial charge is 0.352 e. The fourth-order valence-electron chi connectivity index (χ4n) is 3.57. The first kappa shape index (κ1) is 24.2. The lowest BCUT2D eigenvalue weighted by atomic mass is 9.96. The summed E-state index contributed by atoms with van der Waals surface area (Å²) in [5.74, 6) is -1.74. The van der Waals surface area contributed by atoms with Gasteiger partial charge in [0, 0.05) is 23.9 Å². The first-order valence-electron chi connectivity index (χ1n) is 9.95. The molecule has 0 aliphatic rings. The van der Waals surface area contributed by atoms with Gasteiger partial charge in [0.15, 0.2) is 0 Å². The van der Waals surface area contributed by atoms with Crippen LogP contribution in [0.4, 0.5) is 24.5 Å². The molecule has 0 radical (unpaired) electrons. The lowest BCUT2D eigenvalue weighted by Gasteiger charge is -2.25. The van der Waals surface area contributed by atoms with E-state index in [-0.39, 0.29) is 23.9 Å². The highest BCUT2D eigenvalue weighted by Gasteiger charge is 2.19. The van der Waals surface area contributed by atoms with Gasteiger partial charge in [0.1, 0.15) is 17.5 Å². The summed E-state index contributed by atoms with van der Waals surface area (Å²) in [6, 6.07) is 16.7. The third-order valence-corrected chi connectivity index (χ3v) is 5.25. The zero-order chi connectivity index (χ0) is 22.8. The third kappa shape index (κ3) is 5.50. The normalized spacial score (nSPS) is 12.7. The van der Waals surface area contributed by atoms with Gasteiger partial charge in [-0.3, -0.25) is 14.9 Å². The number of hydrogen-bond acceptors (Lipinski definition) is 4. The minimum Gasteiger partial charge on any atom is -0.352 e. The van der Waals surface area contributed by atoms with E-state index in [0.29, 0.717) is 11.3 Å². The molecule has 4 rings (SSSR count). The van der Waals surface area contributed by atoms with Gasteiger partial charge in [0.25, 0.3) is 0 Å². The molecule has 1 unspecified atom stereocenters. The summed E-state index contributed by atoms with van der Waals surface area (Å²) in [4.78, 5) is 22.8. The summed E-state index contributed by atoms with van der Waals surface area (Å²) in [6.45, 7) is 1.77. The first-order valence-corrected chi connectivity index (χ1v) is 9.95. The van der Waals surface area contributed by atoms with Gasteiger partial charge in [-0.1, -0.05) is 24.3 Å². The molecular formula is C25H20ClF3N2O2. The van der Waals surface area contributed by atoms with Crippen LogP contribution in [0, 0.1) is 17.5 Å². The van der Waals surface area contributed by atoms with Gasteiger partial charge in [0.2, 0.25) is 10.9 Å². The number of anilines is 2. The monoisotopic (exact) mass is 472 g/mol. The second-order valence-electron chi connectivity index (χ2n) is 7.58. The summed E-state index contributed by atoms with van der Waals surface area (Å²) in [6.07, 6.45) is 0. The Morgan fingerprint density at radius 1 is 0.727 bits per heavy atom. The molecule has 2 atom stereocenters. The Labute approximate surface area is 194 Å². The Morgan fingerprint density at radius 2 is 1.39 bits per heavy atom. The molecule has 4 nitrogen and oxygen atoms in total. The molecule has 0 fully saturated rings. The van der Waals surface area contributed by atoms with E-state index in [0.717, 1.165) is 17.2 Å². The van der Waals surface area contributed by atoms with Crippen LogP contribution in [-0.4, -0.2) is 0 Å². The van der Waals surface area contributed by atoms with Gasteiger partial charge < -0.3 is 5.32 Å². The molecule has 0 spiro atoms. The second kappa shape index (κ2) is 10.0. The molecule has 0 saturated carbocycles. The number of benzene rings is 3. The molecule has 4 aromatic carbocycles. The van der Waals surface area contributed by atoms with Gasteiger partial charge in [-0.05, 0) is 60.0 Å². The zero-order valence-electron chi connectivity index (χ0n) is 17.4. The van der Waals surface area contributed by atoms with Gasteiger partial charge >= 0.3 is 0 Å². The standard InChI is InChI=1S/C25H19F3N2O2.ClH/c1-14(17-9-19(27)12-20(28)10-17)29-24(15-5-7-18(26)8-6-15)16-3-2-4-21(11-16)30-22-13-23(31)25(22)32;/h2-14,24,29-30H,1H3;1H/t14-,24?;/m1./s1. The van der Waals surface area contributed by atoms with Crippen LogP contribution in [0.25, 0.3) is 0 Å². The number of hydrogen-bond donors (Lipinski definition) is 2. The van der Waals surface area contributed by atoms with Crippen molar-refractivity contribution in [2.45, 2.75) is 19.0 Å². The molecule has 0 bridgehead atoms. The summed E-state index contributed by atoms with van der Waals surface area (Å²) >= 11 is 0. The molecule has 2 N–H and O–H groups in total. The van der Waals surface area contributed by atoms with Crippen molar-refractivity contribution in [3.05, 3.63) is 127 Å². The Kier molecular flexibility index (Phi) is 7.36. The van der Waals surface area contributed by atoms with E-state index in [1.807, 2.05) is 6.07 Å². The Bertz CT molecular complexity index is 1310. The average molecular weight is 473 g/mol. The summed E-state index contributed by atoms with van der Waals surface area (Å²) in [5, 5.41) is 6.26. The van der Waals surface area contributed by atoms with Crippen LogP contribution in [0.3, 0.4) is 0 Å². The number of nitrogens with one attached hydrogen (secondary N) is 2. The van der Waals surface area contributed by atoms with Crippen molar-refractivity contribution in [2.75, 3.05) is 5.32 Å². The van der Waals surface area contributed by atoms with Crippen molar-refractivity contribution < 1.29 is 13.2 Å². The van der Waals surface area contributed by atoms with Crippen molar-refractivity contribution >= 4 is 23.8 Å². The van der Waals surface area contributed by atoms with Gasteiger partial charge in [-0.25, -0.2) is 13.2 Å². The number of rotatable bonds is 7. The van der Waals surface area contributed by atoms with Crippen LogP contribution in [-0.2, 0) is 0 Å². The van der Waals surface area contributed by atoms with E-state index in [1.54, 1.807) is 37.3 Å². The summed E-state index contributed by atoms with van der Waals surface area (Å²) in [7, 11) is 0. The van der Waals surface area contributed by atoms with Crippen molar-refractivity contribution in [1.82, 2.24) is 5.32 Å². The molecule has 8 heteroatoms. The molecule has 0 amide bonds. The molecule has 33 heavy (non-hydrogen) atoms. The summed E-state index contributed by atoms with van der Waals surface area (Å²) < 4.78 is 40.9. The van der Waals surface area contributed by atoms with E-state index in [9.17, 15) is 22.8 Å². The molecule has 0 heterocycles. The molecule has 170 valence electrons. The fraction of sp³-hybridized carbons (Fsp3) is 0.120. The van der Waals surface area contributed by atoms with Crippen LogP contribution in [0.15, 0.2) is 82.4 Å². The zero-order valence-corrected chi connectivity index (χ0v) is 18.3. The lowest BCUT2D eigenvalue weighted by molar-refractivity contribution is 0.505. The molecule has 0 saturated heterocycles. The van der Waals surface area contributed by atoms with Crippen LogP contribution in [0.1, 0.15) is 35.7 Å². The van der Waals surface area contributed by atoms with Crippen LogP contribution >= 0.6 is 12.4 Å². The van der Waals surface area contributed by atoms with E-state index >= 15 is 0 Å². The maximum atomic E-state index is 13.7. The molecule has 4 aromatic rings. The van der Waals surface area contributed by atoms with E-state index in [4.69, 9.17) is 0 Å². The van der Waals surface area contributed by atoms with E-state index < -0.39 is 34.6 Å². The highest BCUT2D eigenvalue weighted by Crippen LogP contribution is 2.29. The maximum absolute atomic E-state index is 13.7. The van der Waals surface area contributed by atoms with Gasteiger partial charge in [-0.15, -0.1) is 12.4 Å². The highest BCUT2D eigenvalue weighted by molar-refractivity contribution is 5.85. The average Bonchev–Trinajstić information content (AvgIpc) is 2.77. The lowest BCUT2D eigenvalue weighted by Crippen LogP contribution is -2.31. The summed E-state index contributed by atoms with van der Waals surface area (Å²) in [5.41, 5.74) is 1.60. The maximum Gasteiger partial charge on any atom is 0.249 e. The van der Waals surface area contributed by atoms with Crippen LogP contribution in [0.2, 0.25) is 0 Å². The van der Waals surface area contributed by atoms with E-state index in [1.165, 1.54) is 30.3 Å².